The van der Waals surface area contributed by atoms with Crippen molar-refractivity contribution in [3.05, 3.63) is 34.4 Å². The molecule has 0 aliphatic carbocycles. The number of ether oxygens (including phenoxy) is 1. The zero-order valence-corrected chi connectivity index (χ0v) is 10.4. The molecule has 18 heavy (non-hydrogen) atoms. The van der Waals surface area contributed by atoms with Crippen molar-refractivity contribution >= 4 is 11.9 Å². The lowest BCUT2D eigenvalue weighted by Crippen LogP contribution is -2.13. The van der Waals surface area contributed by atoms with Crippen molar-refractivity contribution in [3.8, 4) is 0 Å². The maximum Gasteiger partial charge on any atom is 0.336 e. The average molecular weight is 252 g/mol. The van der Waals surface area contributed by atoms with Gasteiger partial charge in [-0.2, -0.15) is 0 Å². The smallest absolute Gasteiger partial charge is 0.336 e. The van der Waals surface area contributed by atoms with Crippen LogP contribution in [0.5, 0.6) is 0 Å². The van der Waals surface area contributed by atoms with Gasteiger partial charge in [-0.3, -0.25) is 0 Å². The third-order valence-electron chi connectivity index (χ3n) is 2.64. The first kappa shape index (κ1) is 14.2. The molecular formula is C13H16O5. The Morgan fingerprint density at radius 3 is 2.33 bits per heavy atom. The van der Waals surface area contributed by atoms with Crippen LogP contribution >= 0.6 is 0 Å². The summed E-state index contributed by atoms with van der Waals surface area (Å²) in [4.78, 5) is 22.4. The number of carboxylic acids is 2. The van der Waals surface area contributed by atoms with E-state index in [2.05, 4.69) is 0 Å². The van der Waals surface area contributed by atoms with Crippen LogP contribution in [0.1, 0.15) is 45.2 Å². The lowest BCUT2D eigenvalue weighted by molar-refractivity contribution is 0.0690. The Morgan fingerprint density at radius 2 is 1.89 bits per heavy atom. The van der Waals surface area contributed by atoms with Crippen LogP contribution in [-0.2, 0) is 17.8 Å². The van der Waals surface area contributed by atoms with E-state index in [0.29, 0.717) is 24.0 Å². The molecule has 2 N–H and O–H groups in total. The molecule has 1 rings (SSSR count). The predicted molar refractivity (Wildman–Crippen MR) is 65.1 cm³/mol. The van der Waals surface area contributed by atoms with Gasteiger partial charge in [0.25, 0.3) is 0 Å². The SMILES string of the molecule is CCCc1c(C(=O)O)ccc(COC)c1C(=O)O. The van der Waals surface area contributed by atoms with E-state index < -0.39 is 11.9 Å². The van der Waals surface area contributed by atoms with Gasteiger partial charge in [0, 0.05) is 7.11 Å². The summed E-state index contributed by atoms with van der Waals surface area (Å²) in [6, 6.07) is 2.93. The van der Waals surface area contributed by atoms with Gasteiger partial charge in [-0.15, -0.1) is 0 Å². The molecule has 98 valence electrons. The van der Waals surface area contributed by atoms with E-state index in [4.69, 9.17) is 9.84 Å². The second-order valence-corrected chi connectivity index (χ2v) is 3.92. The van der Waals surface area contributed by atoms with Crippen LogP contribution in [0, 0.1) is 0 Å². The number of hydrogen-bond donors (Lipinski definition) is 2. The van der Waals surface area contributed by atoms with Crippen LogP contribution in [0.25, 0.3) is 0 Å². The van der Waals surface area contributed by atoms with Gasteiger partial charge in [0.2, 0.25) is 0 Å². The Bertz CT molecular complexity index is 465. The summed E-state index contributed by atoms with van der Waals surface area (Å²) >= 11 is 0. The van der Waals surface area contributed by atoms with Gasteiger partial charge >= 0.3 is 11.9 Å². The van der Waals surface area contributed by atoms with E-state index in [1.54, 1.807) is 0 Å². The Labute approximate surface area is 105 Å². The number of carboxylic acid groups (broad SMARTS) is 2. The summed E-state index contributed by atoms with van der Waals surface area (Å²) in [6.07, 6.45) is 1.10. The van der Waals surface area contributed by atoms with E-state index >= 15 is 0 Å². The maximum atomic E-state index is 11.3. The summed E-state index contributed by atoms with van der Waals surface area (Å²) in [5.74, 6) is -2.22. The Kier molecular flexibility index (Phi) is 4.85. The highest BCUT2D eigenvalue weighted by Crippen LogP contribution is 2.22. The second-order valence-electron chi connectivity index (χ2n) is 3.92. The van der Waals surface area contributed by atoms with Gasteiger partial charge in [-0.1, -0.05) is 19.4 Å². The first-order valence-electron chi connectivity index (χ1n) is 5.63. The van der Waals surface area contributed by atoms with Crippen molar-refractivity contribution in [2.75, 3.05) is 7.11 Å². The normalized spacial score (nSPS) is 10.3. The van der Waals surface area contributed by atoms with Crippen LogP contribution in [0.3, 0.4) is 0 Å². The molecule has 0 aromatic heterocycles. The van der Waals surface area contributed by atoms with Gasteiger partial charge in [-0.05, 0) is 23.6 Å². The Morgan fingerprint density at radius 1 is 1.22 bits per heavy atom. The van der Waals surface area contributed by atoms with E-state index in [1.165, 1.54) is 19.2 Å². The largest absolute Gasteiger partial charge is 0.478 e. The minimum Gasteiger partial charge on any atom is -0.478 e. The average Bonchev–Trinajstić information content (AvgIpc) is 2.29. The Balaban J connectivity index is 3.48. The topological polar surface area (TPSA) is 83.8 Å². The quantitative estimate of drug-likeness (QED) is 0.810. The standard InChI is InChI=1S/C13H16O5/c1-3-4-9-10(12(14)15)6-5-8(7-18-2)11(9)13(16)17/h5-6H,3-4,7H2,1-2H3,(H,14,15)(H,16,17). The van der Waals surface area contributed by atoms with Crippen LogP contribution in [0.2, 0.25) is 0 Å². The number of hydrogen-bond acceptors (Lipinski definition) is 3. The molecule has 1 aromatic carbocycles. The summed E-state index contributed by atoms with van der Waals surface area (Å²) < 4.78 is 4.94. The van der Waals surface area contributed by atoms with Crippen molar-refractivity contribution in [2.24, 2.45) is 0 Å². The maximum absolute atomic E-state index is 11.3. The van der Waals surface area contributed by atoms with Crippen LogP contribution in [-0.4, -0.2) is 29.3 Å². The highest BCUT2D eigenvalue weighted by atomic mass is 16.5. The predicted octanol–water partition coefficient (Wildman–Crippen LogP) is 2.18. The van der Waals surface area contributed by atoms with E-state index in [9.17, 15) is 14.7 Å². The van der Waals surface area contributed by atoms with Crippen molar-refractivity contribution in [3.63, 3.8) is 0 Å². The van der Waals surface area contributed by atoms with Crippen molar-refractivity contribution in [1.29, 1.82) is 0 Å². The van der Waals surface area contributed by atoms with Gasteiger partial charge < -0.3 is 14.9 Å². The Hall–Kier alpha value is -1.88. The van der Waals surface area contributed by atoms with Gasteiger partial charge in [0.15, 0.2) is 0 Å². The fourth-order valence-electron chi connectivity index (χ4n) is 1.95. The first-order chi connectivity index (χ1) is 8.52. The minimum absolute atomic E-state index is 0.0501. The fourth-order valence-corrected chi connectivity index (χ4v) is 1.95. The summed E-state index contributed by atoms with van der Waals surface area (Å²) in [6.45, 7) is 2.03. The highest BCUT2D eigenvalue weighted by Gasteiger charge is 2.21. The van der Waals surface area contributed by atoms with Gasteiger partial charge in [0.1, 0.15) is 0 Å². The van der Waals surface area contributed by atoms with E-state index in [1.807, 2.05) is 6.92 Å². The molecule has 0 atom stereocenters. The molecular weight excluding hydrogens is 236 g/mol. The zero-order chi connectivity index (χ0) is 13.7. The molecule has 0 spiro atoms. The molecule has 0 fully saturated rings. The molecule has 0 radical (unpaired) electrons. The van der Waals surface area contributed by atoms with Crippen molar-refractivity contribution in [1.82, 2.24) is 0 Å². The van der Waals surface area contributed by atoms with Gasteiger partial charge in [-0.25, -0.2) is 9.59 Å². The van der Waals surface area contributed by atoms with Crippen LogP contribution in [0.4, 0.5) is 0 Å². The minimum atomic E-state index is -1.12. The number of benzene rings is 1. The molecule has 0 saturated carbocycles. The molecule has 5 nitrogen and oxygen atoms in total. The molecule has 0 aliphatic rings. The number of methoxy groups -OCH3 is 1. The third-order valence-corrected chi connectivity index (χ3v) is 2.64. The third kappa shape index (κ3) is 2.87. The second kappa shape index (κ2) is 6.16. The number of aromatic carboxylic acids is 2. The number of rotatable bonds is 6. The van der Waals surface area contributed by atoms with E-state index in [-0.39, 0.29) is 17.7 Å². The first-order valence-corrected chi connectivity index (χ1v) is 5.63. The summed E-state index contributed by atoms with van der Waals surface area (Å²) in [5.41, 5.74) is 0.971. The molecule has 0 unspecified atom stereocenters. The number of carbonyl (C=O) groups is 2. The van der Waals surface area contributed by atoms with Gasteiger partial charge in [0.05, 0.1) is 17.7 Å². The molecule has 0 bridgehead atoms. The van der Waals surface area contributed by atoms with E-state index in [0.717, 1.165) is 0 Å². The lowest BCUT2D eigenvalue weighted by Gasteiger charge is -2.13. The summed E-state index contributed by atoms with van der Waals surface area (Å²) in [5, 5.41) is 18.4. The zero-order valence-electron chi connectivity index (χ0n) is 10.4. The van der Waals surface area contributed by atoms with Crippen LogP contribution < -0.4 is 0 Å². The molecule has 1 aromatic rings. The van der Waals surface area contributed by atoms with Crippen molar-refractivity contribution < 1.29 is 24.5 Å². The molecule has 0 saturated heterocycles. The molecule has 5 heteroatoms. The van der Waals surface area contributed by atoms with Crippen molar-refractivity contribution in [2.45, 2.75) is 26.4 Å². The highest BCUT2D eigenvalue weighted by molar-refractivity contribution is 5.97. The molecule has 0 heterocycles. The monoisotopic (exact) mass is 252 g/mol. The van der Waals surface area contributed by atoms with Crippen LogP contribution in [0.15, 0.2) is 12.1 Å². The lowest BCUT2D eigenvalue weighted by atomic mass is 9.93. The fraction of sp³-hybridized carbons (Fsp3) is 0.385. The summed E-state index contributed by atoms with van der Waals surface area (Å²) in [7, 11) is 1.47. The molecule has 0 aliphatic heterocycles. The molecule has 0 amide bonds.